The molecule has 3 rings (SSSR count). The third-order valence-corrected chi connectivity index (χ3v) is 4.21. The van der Waals surface area contributed by atoms with Gasteiger partial charge in [-0.05, 0) is 50.2 Å². The Bertz CT molecular complexity index is 808. The van der Waals surface area contributed by atoms with Gasteiger partial charge in [0.1, 0.15) is 17.2 Å². The van der Waals surface area contributed by atoms with E-state index in [0.29, 0.717) is 17.9 Å². The van der Waals surface area contributed by atoms with Gasteiger partial charge in [0, 0.05) is 22.7 Å². The lowest BCUT2D eigenvalue weighted by Gasteiger charge is -2.38. The molecule has 1 heterocycles. The fourth-order valence-corrected chi connectivity index (χ4v) is 3.07. The number of nitrogens with one attached hydrogen (secondary N) is 1. The van der Waals surface area contributed by atoms with Crippen molar-refractivity contribution in [1.29, 1.82) is 0 Å². The van der Waals surface area contributed by atoms with Gasteiger partial charge in [0.15, 0.2) is 0 Å². The third kappa shape index (κ3) is 3.31. The second-order valence-electron chi connectivity index (χ2n) is 6.51. The SMILES string of the molecule is CC1(C)CC(NC(=O)c2ccc(Cl)cc2F)c2cc(N)ccc2O1. The number of nitrogens with two attached hydrogens (primary N) is 1. The number of nitrogen functional groups attached to an aromatic ring is 1. The predicted octanol–water partition coefficient (Wildman–Crippen LogP) is 4.09. The van der Waals surface area contributed by atoms with Crippen LogP contribution in [0.4, 0.5) is 10.1 Å². The Morgan fingerprint density at radius 2 is 2.08 bits per heavy atom. The summed E-state index contributed by atoms with van der Waals surface area (Å²) in [7, 11) is 0. The monoisotopic (exact) mass is 348 g/mol. The normalized spacial score (nSPS) is 18.4. The average molecular weight is 349 g/mol. The molecule has 0 saturated carbocycles. The lowest BCUT2D eigenvalue weighted by Crippen LogP contribution is -2.41. The minimum absolute atomic E-state index is 0.0471. The molecular weight excluding hydrogens is 331 g/mol. The maximum absolute atomic E-state index is 14.0. The molecule has 1 unspecified atom stereocenters. The lowest BCUT2D eigenvalue weighted by atomic mass is 9.89. The van der Waals surface area contributed by atoms with Crippen molar-refractivity contribution in [3.63, 3.8) is 0 Å². The minimum Gasteiger partial charge on any atom is -0.487 e. The summed E-state index contributed by atoms with van der Waals surface area (Å²) in [6, 6.07) is 8.96. The highest BCUT2D eigenvalue weighted by Gasteiger charge is 2.35. The van der Waals surface area contributed by atoms with Crippen LogP contribution < -0.4 is 15.8 Å². The number of hydrogen-bond donors (Lipinski definition) is 2. The topological polar surface area (TPSA) is 64.4 Å². The van der Waals surface area contributed by atoms with E-state index in [-0.39, 0.29) is 16.6 Å². The summed E-state index contributed by atoms with van der Waals surface area (Å²) in [6.45, 7) is 3.88. The Kier molecular flexibility index (Phi) is 4.13. The van der Waals surface area contributed by atoms with Crippen LogP contribution in [0, 0.1) is 5.82 Å². The molecule has 0 spiro atoms. The smallest absolute Gasteiger partial charge is 0.254 e. The first-order chi connectivity index (χ1) is 11.2. The van der Waals surface area contributed by atoms with Crippen LogP contribution in [-0.4, -0.2) is 11.5 Å². The first kappa shape index (κ1) is 16.6. The number of fused-ring (bicyclic) bond motifs is 1. The molecule has 6 heteroatoms. The lowest BCUT2D eigenvalue weighted by molar-refractivity contribution is 0.0619. The second-order valence-corrected chi connectivity index (χ2v) is 6.95. The number of carbonyl (C=O) groups is 1. The zero-order chi connectivity index (χ0) is 17.5. The summed E-state index contributed by atoms with van der Waals surface area (Å²) < 4.78 is 19.9. The van der Waals surface area contributed by atoms with E-state index in [1.807, 2.05) is 13.8 Å². The predicted molar refractivity (Wildman–Crippen MR) is 91.8 cm³/mol. The molecule has 0 fully saturated rings. The molecule has 2 aromatic rings. The van der Waals surface area contributed by atoms with Crippen LogP contribution in [0.2, 0.25) is 5.02 Å². The Morgan fingerprint density at radius 1 is 1.33 bits per heavy atom. The van der Waals surface area contributed by atoms with Crippen molar-refractivity contribution in [3.05, 3.63) is 58.4 Å². The Hall–Kier alpha value is -2.27. The molecule has 3 N–H and O–H groups in total. The van der Waals surface area contributed by atoms with Crippen LogP contribution in [0.3, 0.4) is 0 Å². The van der Waals surface area contributed by atoms with Crippen LogP contribution in [0.25, 0.3) is 0 Å². The highest BCUT2D eigenvalue weighted by molar-refractivity contribution is 6.30. The molecule has 0 bridgehead atoms. The van der Waals surface area contributed by atoms with Gasteiger partial charge < -0.3 is 15.8 Å². The largest absolute Gasteiger partial charge is 0.487 e. The van der Waals surface area contributed by atoms with Crippen LogP contribution in [0.5, 0.6) is 5.75 Å². The van der Waals surface area contributed by atoms with Gasteiger partial charge in [-0.25, -0.2) is 4.39 Å². The van der Waals surface area contributed by atoms with Crippen molar-refractivity contribution < 1.29 is 13.9 Å². The molecule has 1 aliphatic rings. The van der Waals surface area contributed by atoms with E-state index < -0.39 is 17.3 Å². The van der Waals surface area contributed by atoms with Gasteiger partial charge in [-0.15, -0.1) is 0 Å². The molecule has 4 nitrogen and oxygen atoms in total. The van der Waals surface area contributed by atoms with Crippen LogP contribution in [0.1, 0.15) is 42.2 Å². The van der Waals surface area contributed by atoms with Gasteiger partial charge in [-0.2, -0.15) is 0 Å². The summed E-state index contributed by atoms with van der Waals surface area (Å²) in [5.41, 5.74) is 6.71. The quantitative estimate of drug-likeness (QED) is 0.803. The summed E-state index contributed by atoms with van der Waals surface area (Å²) in [5.74, 6) is -0.485. The average Bonchev–Trinajstić information content (AvgIpc) is 2.47. The molecular formula is C18H18ClFN2O2. The first-order valence-electron chi connectivity index (χ1n) is 7.59. The van der Waals surface area contributed by atoms with Gasteiger partial charge in [0.05, 0.1) is 11.6 Å². The van der Waals surface area contributed by atoms with Crippen molar-refractivity contribution in [2.75, 3.05) is 5.73 Å². The third-order valence-electron chi connectivity index (χ3n) is 3.97. The second kappa shape index (κ2) is 5.98. The number of hydrogen-bond acceptors (Lipinski definition) is 3. The molecule has 0 saturated heterocycles. The summed E-state index contributed by atoms with van der Waals surface area (Å²) in [4.78, 5) is 12.5. The van der Waals surface area contributed by atoms with Gasteiger partial charge in [0.25, 0.3) is 5.91 Å². The van der Waals surface area contributed by atoms with Gasteiger partial charge in [-0.1, -0.05) is 11.6 Å². The molecule has 0 aliphatic carbocycles. The molecule has 0 aromatic heterocycles. The molecule has 1 amide bonds. The summed E-state index contributed by atoms with van der Waals surface area (Å²) in [5, 5.41) is 3.12. The van der Waals surface area contributed by atoms with Gasteiger partial charge >= 0.3 is 0 Å². The van der Waals surface area contributed by atoms with E-state index in [2.05, 4.69) is 5.32 Å². The zero-order valence-electron chi connectivity index (χ0n) is 13.4. The number of amides is 1. The van der Waals surface area contributed by atoms with Crippen molar-refractivity contribution in [1.82, 2.24) is 5.32 Å². The standard InChI is InChI=1S/C18H18ClFN2O2/c1-18(2)9-15(13-8-11(21)4-6-16(13)24-18)22-17(23)12-5-3-10(19)7-14(12)20/h3-8,15H,9,21H2,1-2H3,(H,22,23). The van der Waals surface area contributed by atoms with Crippen molar-refractivity contribution >= 4 is 23.2 Å². The van der Waals surface area contributed by atoms with E-state index in [9.17, 15) is 9.18 Å². The molecule has 1 aliphatic heterocycles. The van der Waals surface area contributed by atoms with Gasteiger partial charge in [0.2, 0.25) is 0 Å². The van der Waals surface area contributed by atoms with E-state index in [4.69, 9.17) is 22.1 Å². The Balaban J connectivity index is 1.91. The van der Waals surface area contributed by atoms with Crippen LogP contribution in [0.15, 0.2) is 36.4 Å². The number of anilines is 1. The van der Waals surface area contributed by atoms with E-state index in [1.165, 1.54) is 12.1 Å². The molecule has 2 aromatic carbocycles. The van der Waals surface area contributed by atoms with E-state index in [0.717, 1.165) is 11.6 Å². The summed E-state index contributed by atoms with van der Waals surface area (Å²) >= 11 is 5.73. The van der Waals surface area contributed by atoms with Crippen molar-refractivity contribution in [2.24, 2.45) is 0 Å². The molecule has 24 heavy (non-hydrogen) atoms. The fourth-order valence-electron chi connectivity index (χ4n) is 2.91. The maximum atomic E-state index is 14.0. The Labute approximate surface area is 144 Å². The number of carbonyl (C=O) groups excluding carboxylic acids is 1. The maximum Gasteiger partial charge on any atom is 0.254 e. The molecule has 126 valence electrons. The Morgan fingerprint density at radius 3 is 2.79 bits per heavy atom. The number of halogens is 2. The molecule has 0 radical (unpaired) electrons. The zero-order valence-corrected chi connectivity index (χ0v) is 14.2. The highest BCUT2D eigenvalue weighted by Crippen LogP contribution is 2.40. The first-order valence-corrected chi connectivity index (χ1v) is 7.97. The van der Waals surface area contributed by atoms with E-state index in [1.54, 1.807) is 18.2 Å². The minimum atomic E-state index is -0.654. The summed E-state index contributed by atoms with van der Waals surface area (Å²) in [6.07, 6.45) is 0.546. The van der Waals surface area contributed by atoms with Crippen LogP contribution in [-0.2, 0) is 0 Å². The van der Waals surface area contributed by atoms with Crippen LogP contribution >= 0.6 is 11.6 Å². The number of benzene rings is 2. The highest BCUT2D eigenvalue weighted by atomic mass is 35.5. The van der Waals surface area contributed by atoms with Crippen molar-refractivity contribution in [2.45, 2.75) is 31.9 Å². The number of rotatable bonds is 2. The van der Waals surface area contributed by atoms with Crippen molar-refractivity contribution in [3.8, 4) is 5.75 Å². The fraction of sp³-hybridized carbons (Fsp3) is 0.278. The number of ether oxygens (including phenoxy) is 1. The van der Waals surface area contributed by atoms with Gasteiger partial charge in [-0.3, -0.25) is 4.79 Å². The van der Waals surface area contributed by atoms with E-state index >= 15 is 0 Å². The molecule has 1 atom stereocenters.